The Morgan fingerprint density at radius 2 is 1.76 bits per heavy atom. The standard InChI is InChI=1S/C18H35NO2/c1-5-15(4)17(16-11-9-8-10-12-16)18(20)21-14-13-19(6-2)7-3/h15-17H,5-14H2,1-4H3/t15-,17+/m0/s1. The van der Waals surface area contributed by atoms with Gasteiger partial charge in [0, 0.05) is 6.54 Å². The summed E-state index contributed by atoms with van der Waals surface area (Å²) in [4.78, 5) is 14.9. The molecule has 0 radical (unpaired) electrons. The number of esters is 1. The summed E-state index contributed by atoms with van der Waals surface area (Å²) in [5, 5.41) is 0. The van der Waals surface area contributed by atoms with Crippen LogP contribution < -0.4 is 0 Å². The van der Waals surface area contributed by atoms with Crippen LogP contribution in [0.4, 0.5) is 0 Å². The molecule has 0 aliphatic heterocycles. The summed E-state index contributed by atoms with van der Waals surface area (Å²) < 4.78 is 5.63. The Hall–Kier alpha value is -0.570. The Labute approximate surface area is 131 Å². The minimum atomic E-state index is 0.0587. The van der Waals surface area contributed by atoms with Gasteiger partial charge in [0.1, 0.15) is 6.61 Å². The lowest BCUT2D eigenvalue weighted by Crippen LogP contribution is -2.34. The zero-order valence-corrected chi connectivity index (χ0v) is 14.6. The summed E-state index contributed by atoms with van der Waals surface area (Å²) >= 11 is 0. The van der Waals surface area contributed by atoms with Crippen LogP contribution in [-0.2, 0) is 9.53 Å². The van der Waals surface area contributed by atoms with Crippen molar-refractivity contribution in [3.63, 3.8) is 0 Å². The zero-order valence-electron chi connectivity index (χ0n) is 14.6. The quantitative estimate of drug-likeness (QED) is 0.600. The van der Waals surface area contributed by atoms with Crippen LogP contribution in [0.15, 0.2) is 0 Å². The fourth-order valence-electron chi connectivity index (χ4n) is 3.55. The number of hydrogen-bond acceptors (Lipinski definition) is 3. The molecule has 1 rings (SSSR count). The number of likely N-dealkylation sites (N-methyl/N-ethyl adjacent to an activating group) is 1. The fraction of sp³-hybridized carbons (Fsp3) is 0.944. The maximum Gasteiger partial charge on any atom is 0.309 e. The molecular formula is C18H35NO2. The molecule has 0 N–H and O–H groups in total. The van der Waals surface area contributed by atoms with Gasteiger partial charge in [-0.3, -0.25) is 4.79 Å². The number of carbonyl (C=O) groups is 1. The van der Waals surface area contributed by atoms with Crippen molar-refractivity contribution in [2.45, 2.75) is 66.2 Å². The van der Waals surface area contributed by atoms with Crippen LogP contribution in [0.3, 0.4) is 0 Å². The van der Waals surface area contributed by atoms with E-state index >= 15 is 0 Å². The molecule has 1 aliphatic carbocycles. The van der Waals surface area contributed by atoms with Gasteiger partial charge < -0.3 is 9.64 Å². The lowest BCUT2D eigenvalue weighted by molar-refractivity contribution is -0.153. The predicted molar refractivity (Wildman–Crippen MR) is 88.3 cm³/mol. The van der Waals surface area contributed by atoms with E-state index < -0.39 is 0 Å². The van der Waals surface area contributed by atoms with Gasteiger partial charge in [-0.25, -0.2) is 0 Å². The summed E-state index contributed by atoms with van der Waals surface area (Å²) in [5.74, 6) is 1.17. The SMILES string of the molecule is CC[C@H](C)[C@@H](C(=O)OCCN(CC)CC)C1CCCCC1. The third-order valence-corrected chi connectivity index (χ3v) is 5.23. The van der Waals surface area contributed by atoms with E-state index in [4.69, 9.17) is 4.74 Å². The molecule has 0 aromatic carbocycles. The Kier molecular flexibility index (Phi) is 8.98. The van der Waals surface area contributed by atoms with E-state index in [1.165, 1.54) is 32.1 Å². The molecule has 2 atom stereocenters. The van der Waals surface area contributed by atoms with E-state index in [0.29, 0.717) is 18.4 Å². The summed E-state index contributed by atoms with van der Waals surface area (Å²) in [7, 11) is 0. The molecule has 0 saturated heterocycles. The summed E-state index contributed by atoms with van der Waals surface area (Å²) in [5.41, 5.74) is 0. The normalized spacial score (nSPS) is 19.5. The van der Waals surface area contributed by atoms with E-state index in [2.05, 4.69) is 32.6 Å². The van der Waals surface area contributed by atoms with Crippen LogP contribution in [0.1, 0.15) is 66.2 Å². The molecule has 0 aromatic heterocycles. The van der Waals surface area contributed by atoms with Crippen molar-refractivity contribution < 1.29 is 9.53 Å². The van der Waals surface area contributed by atoms with Crippen LogP contribution in [0.5, 0.6) is 0 Å². The topological polar surface area (TPSA) is 29.5 Å². The van der Waals surface area contributed by atoms with Crippen molar-refractivity contribution in [3.8, 4) is 0 Å². The molecule has 0 unspecified atom stereocenters. The van der Waals surface area contributed by atoms with Crippen molar-refractivity contribution in [1.82, 2.24) is 4.90 Å². The third kappa shape index (κ3) is 5.98. The largest absolute Gasteiger partial charge is 0.464 e. The van der Waals surface area contributed by atoms with Crippen LogP contribution in [-0.4, -0.2) is 37.1 Å². The summed E-state index contributed by atoms with van der Waals surface area (Å²) in [6.45, 7) is 12.1. The lowest BCUT2D eigenvalue weighted by Gasteiger charge is -2.32. The molecule has 3 heteroatoms. The average Bonchev–Trinajstić information content (AvgIpc) is 2.52. The highest BCUT2D eigenvalue weighted by molar-refractivity contribution is 5.73. The molecule has 3 nitrogen and oxygen atoms in total. The van der Waals surface area contributed by atoms with Crippen molar-refractivity contribution in [2.75, 3.05) is 26.2 Å². The molecule has 0 heterocycles. The van der Waals surface area contributed by atoms with Crippen molar-refractivity contribution >= 4 is 5.97 Å². The van der Waals surface area contributed by atoms with Gasteiger partial charge in [0.25, 0.3) is 0 Å². The first-order chi connectivity index (χ1) is 10.1. The third-order valence-electron chi connectivity index (χ3n) is 5.23. The van der Waals surface area contributed by atoms with Gasteiger partial charge in [-0.15, -0.1) is 0 Å². The Bertz CT molecular complexity index is 283. The minimum Gasteiger partial charge on any atom is -0.464 e. The van der Waals surface area contributed by atoms with Crippen LogP contribution >= 0.6 is 0 Å². The molecule has 21 heavy (non-hydrogen) atoms. The maximum absolute atomic E-state index is 12.6. The molecule has 124 valence electrons. The van der Waals surface area contributed by atoms with Gasteiger partial charge >= 0.3 is 5.97 Å². The predicted octanol–water partition coefficient (Wildman–Crippen LogP) is 4.11. The monoisotopic (exact) mass is 297 g/mol. The van der Waals surface area contributed by atoms with E-state index in [0.717, 1.165) is 26.1 Å². The molecular weight excluding hydrogens is 262 g/mol. The van der Waals surface area contributed by atoms with Crippen LogP contribution in [0.25, 0.3) is 0 Å². The van der Waals surface area contributed by atoms with Gasteiger partial charge in [-0.2, -0.15) is 0 Å². The van der Waals surface area contributed by atoms with E-state index in [-0.39, 0.29) is 11.9 Å². The molecule has 0 bridgehead atoms. The Balaban J connectivity index is 2.51. The second-order valence-corrected chi connectivity index (χ2v) is 6.50. The Morgan fingerprint density at radius 3 is 2.29 bits per heavy atom. The zero-order chi connectivity index (χ0) is 15.7. The van der Waals surface area contributed by atoms with Crippen LogP contribution in [0, 0.1) is 17.8 Å². The number of nitrogens with zero attached hydrogens (tertiary/aromatic N) is 1. The number of hydrogen-bond donors (Lipinski definition) is 0. The first-order valence-corrected chi connectivity index (χ1v) is 9.02. The average molecular weight is 297 g/mol. The highest BCUT2D eigenvalue weighted by atomic mass is 16.5. The highest BCUT2D eigenvalue weighted by Crippen LogP contribution is 2.35. The second-order valence-electron chi connectivity index (χ2n) is 6.50. The fourth-order valence-corrected chi connectivity index (χ4v) is 3.55. The van der Waals surface area contributed by atoms with Crippen LogP contribution in [0.2, 0.25) is 0 Å². The van der Waals surface area contributed by atoms with E-state index in [9.17, 15) is 4.79 Å². The number of rotatable bonds is 9. The first-order valence-electron chi connectivity index (χ1n) is 9.02. The number of carbonyl (C=O) groups excluding carboxylic acids is 1. The molecule has 0 aromatic rings. The van der Waals surface area contributed by atoms with Crippen molar-refractivity contribution in [3.05, 3.63) is 0 Å². The van der Waals surface area contributed by atoms with Gasteiger partial charge in [0.2, 0.25) is 0 Å². The van der Waals surface area contributed by atoms with Crippen molar-refractivity contribution in [2.24, 2.45) is 17.8 Å². The summed E-state index contributed by atoms with van der Waals surface area (Å²) in [6.07, 6.45) is 7.38. The second kappa shape index (κ2) is 10.2. The number of ether oxygens (including phenoxy) is 1. The van der Waals surface area contributed by atoms with Gasteiger partial charge in [0.05, 0.1) is 5.92 Å². The van der Waals surface area contributed by atoms with E-state index in [1.807, 2.05) is 0 Å². The summed E-state index contributed by atoms with van der Waals surface area (Å²) in [6, 6.07) is 0. The first kappa shape index (κ1) is 18.5. The highest BCUT2D eigenvalue weighted by Gasteiger charge is 2.34. The van der Waals surface area contributed by atoms with Gasteiger partial charge in [-0.05, 0) is 37.8 Å². The van der Waals surface area contributed by atoms with Crippen molar-refractivity contribution in [1.29, 1.82) is 0 Å². The molecule has 0 amide bonds. The maximum atomic E-state index is 12.6. The smallest absolute Gasteiger partial charge is 0.309 e. The molecule has 1 fully saturated rings. The molecule has 0 spiro atoms. The van der Waals surface area contributed by atoms with Gasteiger partial charge in [-0.1, -0.05) is 53.4 Å². The van der Waals surface area contributed by atoms with Gasteiger partial charge in [0.15, 0.2) is 0 Å². The lowest BCUT2D eigenvalue weighted by atomic mass is 9.74. The van der Waals surface area contributed by atoms with E-state index in [1.54, 1.807) is 0 Å². The molecule has 1 saturated carbocycles. The Morgan fingerprint density at radius 1 is 1.14 bits per heavy atom. The minimum absolute atomic E-state index is 0.0587. The molecule has 1 aliphatic rings.